The predicted octanol–water partition coefficient (Wildman–Crippen LogP) is 1.79. The number of nitrogens with one attached hydrogen (secondary N) is 1. The average molecular weight is 253 g/mol. The molecule has 0 saturated carbocycles. The van der Waals surface area contributed by atoms with Crippen LogP contribution in [0.5, 0.6) is 0 Å². The molecular formula is C15H31N3. The maximum Gasteiger partial charge on any atom is 0.0107 e. The molecule has 2 saturated heterocycles. The van der Waals surface area contributed by atoms with Gasteiger partial charge in [0.25, 0.3) is 0 Å². The zero-order valence-corrected chi connectivity index (χ0v) is 12.3. The van der Waals surface area contributed by atoms with Gasteiger partial charge in [0.15, 0.2) is 0 Å². The number of nitrogens with zero attached hydrogens (tertiary/aromatic N) is 2. The van der Waals surface area contributed by atoms with Crippen LogP contribution in [0, 0.1) is 5.92 Å². The highest BCUT2D eigenvalue weighted by atomic mass is 15.2. The van der Waals surface area contributed by atoms with E-state index in [4.69, 9.17) is 0 Å². The minimum Gasteiger partial charge on any atom is -0.313 e. The molecule has 3 heteroatoms. The number of rotatable bonds is 6. The first-order chi connectivity index (χ1) is 8.79. The highest BCUT2D eigenvalue weighted by molar-refractivity contribution is 4.79. The summed E-state index contributed by atoms with van der Waals surface area (Å²) in [5.74, 6) is 0.895. The monoisotopic (exact) mass is 253 g/mol. The molecule has 0 spiro atoms. The van der Waals surface area contributed by atoms with Gasteiger partial charge in [-0.3, -0.25) is 0 Å². The van der Waals surface area contributed by atoms with E-state index in [1.807, 2.05) is 0 Å². The predicted molar refractivity (Wildman–Crippen MR) is 78.0 cm³/mol. The van der Waals surface area contributed by atoms with Gasteiger partial charge in [-0.05, 0) is 71.2 Å². The second-order valence-corrected chi connectivity index (χ2v) is 6.06. The Bertz CT molecular complexity index is 218. The van der Waals surface area contributed by atoms with Gasteiger partial charge in [0, 0.05) is 19.1 Å². The maximum atomic E-state index is 3.75. The SMILES string of the molecule is CCN1CCC(C(C)NCCN2CCCC2)CC1. The van der Waals surface area contributed by atoms with Crippen LogP contribution in [-0.4, -0.2) is 61.7 Å². The molecule has 0 amide bonds. The first kappa shape index (κ1) is 14.3. The molecule has 2 rings (SSSR count). The number of hydrogen-bond donors (Lipinski definition) is 1. The van der Waals surface area contributed by atoms with Crippen LogP contribution in [0.3, 0.4) is 0 Å². The lowest BCUT2D eigenvalue weighted by Crippen LogP contribution is -2.43. The molecule has 2 aliphatic rings. The summed E-state index contributed by atoms with van der Waals surface area (Å²) in [6.45, 7) is 13.6. The second kappa shape index (κ2) is 7.46. The first-order valence-electron chi connectivity index (χ1n) is 7.97. The third kappa shape index (κ3) is 4.22. The van der Waals surface area contributed by atoms with Crippen molar-refractivity contribution in [2.45, 2.75) is 45.6 Å². The summed E-state index contributed by atoms with van der Waals surface area (Å²) in [5, 5.41) is 3.75. The molecule has 106 valence electrons. The number of piperidine rings is 1. The Kier molecular flexibility index (Phi) is 5.93. The standard InChI is InChI=1S/C15H31N3/c1-3-17-11-6-15(7-12-17)14(2)16-8-13-18-9-4-5-10-18/h14-16H,3-13H2,1-2H3. The van der Waals surface area contributed by atoms with Gasteiger partial charge >= 0.3 is 0 Å². The van der Waals surface area contributed by atoms with E-state index in [9.17, 15) is 0 Å². The van der Waals surface area contributed by atoms with Crippen molar-refractivity contribution >= 4 is 0 Å². The van der Waals surface area contributed by atoms with Crippen molar-refractivity contribution in [2.24, 2.45) is 5.92 Å². The Hall–Kier alpha value is -0.120. The fraction of sp³-hybridized carbons (Fsp3) is 1.00. The number of hydrogen-bond acceptors (Lipinski definition) is 3. The summed E-state index contributed by atoms with van der Waals surface area (Å²) in [5.41, 5.74) is 0. The lowest BCUT2D eigenvalue weighted by Gasteiger charge is -2.34. The Balaban J connectivity index is 1.58. The fourth-order valence-corrected chi connectivity index (χ4v) is 3.39. The molecule has 0 bridgehead atoms. The minimum absolute atomic E-state index is 0.701. The van der Waals surface area contributed by atoms with E-state index in [1.54, 1.807) is 0 Å². The van der Waals surface area contributed by atoms with Gasteiger partial charge in [0.2, 0.25) is 0 Å². The van der Waals surface area contributed by atoms with E-state index in [0.29, 0.717) is 6.04 Å². The van der Waals surface area contributed by atoms with Crippen LogP contribution in [-0.2, 0) is 0 Å². The Morgan fingerprint density at radius 1 is 1.06 bits per heavy atom. The van der Waals surface area contributed by atoms with Crippen molar-refractivity contribution in [3.63, 3.8) is 0 Å². The zero-order chi connectivity index (χ0) is 12.8. The van der Waals surface area contributed by atoms with Gasteiger partial charge in [0.05, 0.1) is 0 Å². The van der Waals surface area contributed by atoms with Crippen LogP contribution < -0.4 is 5.32 Å². The molecule has 1 atom stereocenters. The summed E-state index contributed by atoms with van der Waals surface area (Å²) >= 11 is 0. The van der Waals surface area contributed by atoms with E-state index in [-0.39, 0.29) is 0 Å². The third-order valence-corrected chi connectivity index (χ3v) is 4.88. The second-order valence-electron chi connectivity index (χ2n) is 6.06. The molecule has 1 N–H and O–H groups in total. The summed E-state index contributed by atoms with van der Waals surface area (Å²) in [6, 6.07) is 0.701. The molecule has 1 unspecified atom stereocenters. The van der Waals surface area contributed by atoms with Crippen molar-refractivity contribution in [3.8, 4) is 0 Å². The molecule has 2 heterocycles. The van der Waals surface area contributed by atoms with Gasteiger partial charge < -0.3 is 15.1 Å². The van der Waals surface area contributed by atoms with Crippen LogP contribution in [0.2, 0.25) is 0 Å². The zero-order valence-electron chi connectivity index (χ0n) is 12.3. The fourth-order valence-electron chi connectivity index (χ4n) is 3.39. The molecule has 0 aromatic heterocycles. The van der Waals surface area contributed by atoms with Gasteiger partial charge in [-0.1, -0.05) is 6.92 Å². The topological polar surface area (TPSA) is 18.5 Å². The van der Waals surface area contributed by atoms with Gasteiger partial charge in [-0.25, -0.2) is 0 Å². The van der Waals surface area contributed by atoms with Gasteiger partial charge in [-0.2, -0.15) is 0 Å². The normalized spacial score (nSPS) is 25.7. The van der Waals surface area contributed by atoms with Crippen molar-refractivity contribution in [1.29, 1.82) is 0 Å². The van der Waals surface area contributed by atoms with Crippen LogP contribution >= 0.6 is 0 Å². The number of likely N-dealkylation sites (tertiary alicyclic amines) is 2. The molecule has 0 radical (unpaired) electrons. The van der Waals surface area contributed by atoms with Crippen molar-refractivity contribution < 1.29 is 0 Å². The average Bonchev–Trinajstić information content (AvgIpc) is 2.92. The van der Waals surface area contributed by atoms with Gasteiger partial charge in [0.1, 0.15) is 0 Å². The molecule has 0 aromatic rings. The van der Waals surface area contributed by atoms with E-state index in [2.05, 4.69) is 29.0 Å². The van der Waals surface area contributed by atoms with Gasteiger partial charge in [-0.15, -0.1) is 0 Å². The Morgan fingerprint density at radius 3 is 2.33 bits per heavy atom. The largest absolute Gasteiger partial charge is 0.313 e. The summed E-state index contributed by atoms with van der Waals surface area (Å²) in [4.78, 5) is 5.17. The molecule has 2 fully saturated rings. The lowest BCUT2D eigenvalue weighted by molar-refractivity contribution is 0.167. The third-order valence-electron chi connectivity index (χ3n) is 4.88. The van der Waals surface area contributed by atoms with E-state index < -0.39 is 0 Å². The highest BCUT2D eigenvalue weighted by Crippen LogP contribution is 2.20. The molecule has 18 heavy (non-hydrogen) atoms. The van der Waals surface area contributed by atoms with Crippen LogP contribution in [0.15, 0.2) is 0 Å². The van der Waals surface area contributed by atoms with Crippen molar-refractivity contribution in [2.75, 3.05) is 45.8 Å². The van der Waals surface area contributed by atoms with E-state index >= 15 is 0 Å². The minimum atomic E-state index is 0.701. The van der Waals surface area contributed by atoms with E-state index in [0.717, 1.165) is 5.92 Å². The van der Waals surface area contributed by atoms with Crippen molar-refractivity contribution in [3.05, 3.63) is 0 Å². The molecule has 2 aliphatic heterocycles. The molecule has 3 nitrogen and oxygen atoms in total. The smallest absolute Gasteiger partial charge is 0.0107 e. The first-order valence-corrected chi connectivity index (χ1v) is 7.97. The van der Waals surface area contributed by atoms with Crippen molar-refractivity contribution in [1.82, 2.24) is 15.1 Å². The Labute approximate surface area is 113 Å². The molecular weight excluding hydrogens is 222 g/mol. The quantitative estimate of drug-likeness (QED) is 0.778. The lowest BCUT2D eigenvalue weighted by atomic mass is 9.90. The van der Waals surface area contributed by atoms with Crippen LogP contribution in [0.1, 0.15) is 39.5 Å². The summed E-state index contributed by atoms with van der Waals surface area (Å²) in [7, 11) is 0. The van der Waals surface area contributed by atoms with E-state index in [1.165, 1.54) is 71.5 Å². The Morgan fingerprint density at radius 2 is 1.72 bits per heavy atom. The highest BCUT2D eigenvalue weighted by Gasteiger charge is 2.22. The summed E-state index contributed by atoms with van der Waals surface area (Å²) in [6.07, 6.45) is 5.58. The van der Waals surface area contributed by atoms with Crippen LogP contribution in [0.25, 0.3) is 0 Å². The molecule has 0 aromatic carbocycles. The molecule has 0 aliphatic carbocycles. The van der Waals surface area contributed by atoms with Crippen LogP contribution in [0.4, 0.5) is 0 Å². The maximum absolute atomic E-state index is 3.75. The summed E-state index contributed by atoms with van der Waals surface area (Å²) < 4.78 is 0.